The van der Waals surface area contributed by atoms with Gasteiger partial charge in [-0.3, -0.25) is 9.69 Å². The molecule has 0 N–H and O–H groups in total. The maximum atomic E-state index is 12.4. The highest BCUT2D eigenvalue weighted by Gasteiger charge is 2.40. The Hall–Kier alpha value is -0.690. The Labute approximate surface area is 126 Å². The Bertz CT molecular complexity index is 353. The molecule has 6 nitrogen and oxygen atoms in total. The molecule has 3 fully saturated rings. The predicted octanol–water partition coefficient (Wildman–Crippen LogP) is 0.463. The van der Waals surface area contributed by atoms with Crippen LogP contribution in [0.1, 0.15) is 25.7 Å². The van der Waals surface area contributed by atoms with E-state index in [1.807, 2.05) is 4.90 Å². The Morgan fingerprint density at radius 1 is 1.14 bits per heavy atom. The second-order valence-corrected chi connectivity index (χ2v) is 6.20. The minimum absolute atomic E-state index is 0.235. The molecule has 1 spiro atoms. The molecule has 21 heavy (non-hydrogen) atoms. The van der Waals surface area contributed by atoms with Gasteiger partial charge in [0.25, 0.3) is 0 Å². The first-order chi connectivity index (χ1) is 10.2. The van der Waals surface area contributed by atoms with Gasteiger partial charge in [-0.1, -0.05) is 0 Å². The molecule has 3 aliphatic heterocycles. The largest absolute Gasteiger partial charge is 0.381 e. The molecule has 0 aliphatic carbocycles. The number of likely N-dealkylation sites (tertiary alicyclic amines) is 2. The summed E-state index contributed by atoms with van der Waals surface area (Å²) >= 11 is 0. The third kappa shape index (κ3) is 3.56. The van der Waals surface area contributed by atoms with Gasteiger partial charge in [0.15, 0.2) is 5.79 Å². The quantitative estimate of drug-likeness (QED) is 0.758. The van der Waals surface area contributed by atoms with E-state index in [4.69, 9.17) is 14.2 Å². The number of nitrogens with zero attached hydrogens (tertiary/aromatic N) is 2. The van der Waals surface area contributed by atoms with Crippen LogP contribution in [0.15, 0.2) is 0 Å². The molecule has 120 valence electrons. The Morgan fingerprint density at radius 3 is 2.33 bits per heavy atom. The molecule has 3 saturated heterocycles. The lowest BCUT2D eigenvalue weighted by Crippen LogP contribution is -2.50. The van der Waals surface area contributed by atoms with Crippen LogP contribution >= 0.6 is 0 Å². The minimum Gasteiger partial charge on any atom is -0.381 e. The smallest absolute Gasteiger partial charge is 0.236 e. The van der Waals surface area contributed by atoms with Crippen molar-refractivity contribution in [1.82, 2.24) is 9.80 Å². The Kier molecular flexibility index (Phi) is 4.78. The fourth-order valence-corrected chi connectivity index (χ4v) is 3.48. The van der Waals surface area contributed by atoms with Crippen LogP contribution in [-0.2, 0) is 19.0 Å². The number of piperidine rings is 2. The maximum Gasteiger partial charge on any atom is 0.236 e. The van der Waals surface area contributed by atoms with E-state index in [-0.39, 0.29) is 5.91 Å². The van der Waals surface area contributed by atoms with Gasteiger partial charge in [0, 0.05) is 46.1 Å². The molecule has 0 atom stereocenters. The van der Waals surface area contributed by atoms with Crippen LogP contribution in [0.2, 0.25) is 0 Å². The van der Waals surface area contributed by atoms with Gasteiger partial charge in [-0.15, -0.1) is 0 Å². The summed E-state index contributed by atoms with van der Waals surface area (Å²) in [7, 11) is 1.77. The van der Waals surface area contributed by atoms with Gasteiger partial charge in [0.2, 0.25) is 5.91 Å². The standard InChI is InChI=1S/C15H26N2O4/c1-19-13-2-6-16(7-3-13)12-14(18)17-8-4-15(5-9-17)20-10-11-21-15/h13H,2-12H2,1H3. The van der Waals surface area contributed by atoms with Crippen LogP contribution < -0.4 is 0 Å². The van der Waals surface area contributed by atoms with E-state index in [0.29, 0.717) is 25.9 Å². The average molecular weight is 298 g/mol. The van der Waals surface area contributed by atoms with E-state index in [2.05, 4.69) is 4.90 Å². The third-order valence-corrected chi connectivity index (χ3v) is 4.92. The second-order valence-electron chi connectivity index (χ2n) is 6.20. The van der Waals surface area contributed by atoms with Crippen LogP contribution in [0.5, 0.6) is 0 Å². The summed E-state index contributed by atoms with van der Waals surface area (Å²) in [6, 6.07) is 0. The Balaban J connectivity index is 1.42. The number of hydrogen-bond acceptors (Lipinski definition) is 5. The lowest BCUT2D eigenvalue weighted by atomic mass is 10.0. The van der Waals surface area contributed by atoms with Crippen molar-refractivity contribution in [3.05, 3.63) is 0 Å². The molecule has 1 amide bonds. The molecular formula is C15H26N2O4. The van der Waals surface area contributed by atoms with E-state index in [0.717, 1.165) is 51.9 Å². The van der Waals surface area contributed by atoms with Gasteiger partial charge >= 0.3 is 0 Å². The molecule has 3 rings (SSSR count). The lowest BCUT2D eigenvalue weighted by Gasteiger charge is -2.39. The molecule has 3 heterocycles. The molecule has 0 saturated carbocycles. The van der Waals surface area contributed by atoms with Crippen LogP contribution in [0.4, 0.5) is 0 Å². The second kappa shape index (κ2) is 6.60. The van der Waals surface area contributed by atoms with E-state index in [1.54, 1.807) is 7.11 Å². The number of carbonyl (C=O) groups is 1. The zero-order chi connectivity index (χ0) is 14.7. The van der Waals surface area contributed by atoms with Crippen molar-refractivity contribution in [2.24, 2.45) is 0 Å². The summed E-state index contributed by atoms with van der Waals surface area (Å²) in [6.07, 6.45) is 4.00. The molecule has 3 aliphatic rings. The van der Waals surface area contributed by atoms with Crippen molar-refractivity contribution < 1.29 is 19.0 Å². The SMILES string of the molecule is COC1CCN(CC(=O)N2CCC3(CC2)OCCO3)CC1. The van der Waals surface area contributed by atoms with Gasteiger partial charge in [-0.2, -0.15) is 0 Å². The van der Waals surface area contributed by atoms with Crippen molar-refractivity contribution in [1.29, 1.82) is 0 Å². The predicted molar refractivity (Wildman–Crippen MR) is 76.9 cm³/mol. The zero-order valence-electron chi connectivity index (χ0n) is 12.9. The fraction of sp³-hybridized carbons (Fsp3) is 0.933. The fourth-order valence-electron chi connectivity index (χ4n) is 3.48. The monoisotopic (exact) mass is 298 g/mol. The van der Waals surface area contributed by atoms with E-state index in [9.17, 15) is 4.79 Å². The molecular weight excluding hydrogens is 272 g/mol. The summed E-state index contributed by atoms with van der Waals surface area (Å²) in [5.41, 5.74) is 0. The first-order valence-electron chi connectivity index (χ1n) is 8.02. The molecule has 0 aromatic heterocycles. The van der Waals surface area contributed by atoms with Crippen molar-refractivity contribution in [3.8, 4) is 0 Å². The molecule has 0 radical (unpaired) electrons. The van der Waals surface area contributed by atoms with Gasteiger partial charge in [0.05, 0.1) is 25.9 Å². The molecule has 0 bridgehead atoms. The lowest BCUT2D eigenvalue weighted by molar-refractivity contribution is -0.187. The number of amides is 1. The molecule has 0 aromatic rings. The van der Waals surface area contributed by atoms with Crippen molar-refractivity contribution in [2.75, 3.05) is 53.0 Å². The van der Waals surface area contributed by atoms with E-state index < -0.39 is 5.79 Å². The number of hydrogen-bond donors (Lipinski definition) is 0. The summed E-state index contributed by atoms with van der Waals surface area (Å²) in [4.78, 5) is 16.6. The minimum atomic E-state index is -0.395. The summed E-state index contributed by atoms with van der Waals surface area (Å²) in [6.45, 7) is 5.29. The highest BCUT2D eigenvalue weighted by Crippen LogP contribution is 2.31. The molecule has 0 aromatic carbocycles. The summed E-state index contributed by atoms with van der Waals surface area (Å²) < 4.78 is 16.8. The van der Waals surface area contributed by atoms with Gasteiger partial charge in [0.1, 0.15) is 0 Å². The van der Waals surface area contributed by atoms with Crippen molar-refractivity contribution in [2.45, 2.75) is 37.6 Å². The molecule has 0 unspecified atom stereocenters. The zero-order valence-corrected chi connectivity index (χ0v) is 12.9. The summed E-state index contributed by atoms with van der Waals surface area (Å²) in [5.74, 6) is -0.160. The number of rotatable bonds is 3. The highest BCUT2D eigenvalue weighted by atomic mass is 16.7. The molecule has 6 heteroatoms. The van der Waals surface area contributed by atoms with Crippen LogP contribution in [-0.4, -0.2) is 80.6 Å². The topological polar surface area (TPSA) is 51.2 Å². The number of carbonyl (C=O) groups excluding carboxylic acids is 1. The summed E-state index contributed by atoms with van der Waals surface area (Å²) in [5, 5.41) is 0. The highest BCUT2D eigenvalue weighted by molar-refractivity contribution is 5.78. The van der Waals surface area contributed by atoms with E-state index >= 15 is 0 Å². The van der Waals surface area contributed by atoms with Crippen molar-refractivity contribution >= 4 is 5.91 Å². The maximum absolute atomic E-state index is 12.4. The average Bonchev–Trinajstić information content (AvgIpc) is 2.97. The van der Waals surface area contributed by atoms with Crippen LogP contribution in [0.3, 0.4) is 0 Å². The number of ether oxygens (including phenoxy) is 3. The van der Waals surface area contributed by atoms with Crippen LogP contribution in [0.25, 0.3) is 0 Å². The van der Waals surface area contributed by atoms with Crippen molar-refractivity contribution in [3.63, 3.8) is 0 Å². The van der Waals surface area contributed by atoms with Crippen LogP contribution in [0, 0.1) is 0 Å². The number of methoxy groups -OCH3 is 1. The first-order valence-corrected chi connectivity index (χ1v) is 8.02. The van der Waals surface area contributed by atoms with Gasteiger partial charge < -0.3 is 19.1 Å². The van der Waals surface area contributed by atoms with Gasteiger partial charge in [-0.05, 0) is 12.8 Å². The van der Waals surface area contributed by atoms with E-state index in [1.165, 1.54) is 0 Å². The van der Waals surface area contributed by atoms with Gasteiger partial charge in [-0.25, -0.2) is 0 Å². The normalized spacial score (nSPS) is 27.4. The Morgan fingerprint density at radius 2 is 1.76 bits per heavy atom. The third-order valence-electron chi connectivity index (χ3n) is 4.92. The first kappa shape index (κ1) is 15.2.